The van der Waals surface area contributed by atoms with Gasteiger partial charge in [0.2, 0.25) is 0 Å². The predicted octanol–water partition coefficient (Wildman–Crippen LogP) is -6.72. The van der Waals surface area contributed by atoms with E-state index >= 15 is 0 Å². The summed E-state index contributed by atoms with van der Waals surface area (Å²) >= 11 is -9.00. The molecule has 0 saturated carbocycles. The van der Waals surface area contributed by atoms with Gasteiger partial charge >= 0.3 is 141 Å². The van der Waals surface area contributed by atoms with Crippen molar-refractivity contribution >= 4 is 116 Å². The van der Waals surface area contributed by atoms with E-state index in [9.17, 15) is 0 Å². The molecule has 19 heavy (non-hydrogen) atoms. The van der Waals surface area contributed by atoms with Gasteiger partial charge in [0.05, 0.1) is 0 Å². The summed E-state index contributed by atoms with van der Waals surface area (Å²) in [7, 11) is 0. The maximum atomic E-state index is 8.57. The molecule has 0 bridgehead atoms. The summed E-state index contributed by atoms with van der Waals surface area (Å²) in [5, 5.41) is 0. The summed E-state index contributed by atoms with van der Waals surface area (Å²) in [5.74, 6) is 0. The van der Waals surface area contributed by atoms with Gasteiger partial charge in [-0.15, -0.1) is 0 Å². The molecule has 6 N–H and O–H groups in total. The Labute approximate surface area is 161 Å². The van der Waals surface area contributed by atoms with E-state index in [0.717, 1.165) is 0 Å². The van der Waals surface area contributed by atoms with E-state index in [4.69, 9.17) is 47.8 Å². The molecule has 0 aliphatic rings. The molecular weight excluding hydrogens is 378 g/mol. The molecule has 2 radical (unpaired) electrons. The average Bonchev–Trinajstić information content (AvgIpc) is 2.23. The molecule has 0 heterocycles. The van der Waals surface area contributed by atoms with Crippen molar-refractivity contribution in [1.29, 1.82) is 0 Å². The zero-order valence-corrected chi connectivity index (χ0v) is 17.6. The Hall–Kier alpha value is 1.56. The first kappa shape index (κ1) is 42.8. The van der Waals surface area contributed by atoms with Gasteiger partial charge in [0.15, 0.2) is 0 Å². The molecule has 0 atom stereocenters. The third-order valence-corrected chi connectivity index (χ3v) is 0. The van der Waals surface area contributed by atoms with Crippen molar-refractivity contribution in [3.63, 3.8) is 0 Å². The van der Waals surface area contributed by atoms with Crippen LogP contribution in [0.25, 0.3) is 0 Å². The van der Waals surface area contributed by atoms with E-state index in [2.05, 4.69) is 0 Å². The van der Waals surface area contributed by atoms with Crippen molar-refractivity contribution in [2.75, 3.05) is 0 Å². The molecule has 0 spiro atoms. The zero-order chi connectivity index (χ0) is 16.2. The summed E-state index contributed by atoms with van der Waals surface area (Å²) in [6.45, 7) is 0. The monoisotopic (exact) mass is 384 g/mol. The molecule has 0 aromatic heterocycles. The van der Waals surface area contributed by atoms with E-state index in [0.29, 0.717) is 0 Å². The standard InChI is InChI=1S/6Al.Mg.6H2O.6O/h;;;;;;;6*1H2;;;;;;/q6*+1;;;;;;;;;;;;;/p-6. The molecule has 0 rings (SSSR count). The molecule has 0 aromatic rings. The molecule has 19 heteroatoms. The van der Waals surface area contributed by atoms with Gasteiger partial charge in [0.25, 0.3) is 0 Å². The Balaban J connectivity index is -0.0000000180. The average molecular weight is 384 g/mol. The van der Waals surface area contributed by atoms with Gasteiger partial charge in [-0.2, -0.15) is 0 Å². The molecular formula is H6Al6MgO12. The number of hydrogen-bond acceptors (Lipinski definition) is 6. The first-order chi connectivity index (χ1) is 8.49. The fraction of sp³-hybridized carbons (Fsp3) is 0. The SMILES string of the molecule is [Mg].[O]=[Al][OH].[O]=[Al][OH].[O]=[Al][OH].[O]=[Al][OH].[O]=[Al][OH].[O]=[Al][OH]. The molecule has 0 amide bonds. The van der Waals surface area contributed by atoms with Crippen LogP contribution in [0.3, 0.4) is 0 Å². The van der Waals surface area contributed by atoms with E-state index in [1.165, 1.54) is 0 Å². The normalized spacial score (nSPS) is 2.53. The summed E-state index contributed by atoms with van der Waals surface area (Å²) < 4.78 is 94.0. The molecule has 0 unspecified atom stereocenters. The van der Waals surface area contributed by atoms with Crippen LogP contribution in [0.15, 0.2) is 0 Å². The van der Waals surface area contributed by atoms with Crippen LogP contribution in [0.5, 0.6) is 0 Å². The molecule has 0 aromatic carbocycles. The fourth-order valence-electron chi connectivity index (χ4n) is 0. The third-order valence-electron chi connectivity index (χ3n) is 0. The fourth-order valence-corrected chi connectivity index (χ4v) is 0. The van der Waals surface area contributed by atoms with Crippen LogP contribution >= 0.6 is 0 Å². The van der Waals surface area contributed by atoms with E-state index in [1.54, 1.807) is 0 Å². The molecule has 0 aliphatic heterocycles. The van der Waals surface area contributed by atoms with Gasteiger partial charge in [-0.05, 0) is 0 Å². The van der Waals surface area contributed by atoms with Crippen molar-refractivity contribution < 1.29 is 47.8 Å². The van der Waals surface area contributed by atoms with E-state index < -0.39 is 92.9 Å². The van der Waals surface area contributed by atoms with Crippen molar-refractivity contribution in [2.45, 2.75) is 0 Å². The quantitative estimate of drug-likeness (QED) is 0.214. The van der Waals surface area contributed by atoms with Gasteiger partial charge in [-0.3, -0.25) is 0 Å². The summed E-state index contributed by atoms with van der Waals surface area (Å²) in [6.07, 6.45) is 0. The molecule has 12 nitrogen and oxygen atoms in total. The van der Waals surface area contributed by atoms with Gasteiger partial charge in [-0.25, -0.2) is 0 Å². The Morgan fingerprint density at radius 3 is 0.368 bits per heavy atom. The first-order valence-corrected chi connectivity index (χ1v) is 8.89. The molecule has 0 fully saturated rings. The third kappa shape index (κ3) is 2480. The van der Waals surface area contributed by atoms with Gasteiger partial charge in [0, 0.05) is 23.1 Å². The number of rotatable bonds is 0. The van der Waals surface area contributed by atoms with Crippen LogP contribution in [-0.4, -0.2) is 141 Å². The summed E-state index contributed by atoms with van der Waals surface area (Å²) in [6, 6.07) is 0. The second-order valence-electron chi connectivity index (χ2n) is 0.632. The number of hydrogen-bond donors (Lipinski definition) is 6. The minimum absolute atomic E-state index is 0. The second kappa shape index (κ2) is 118. The minimum atomic E-state index is -1.50. The van der Waals surface area contributed by atoms with Crippen molar-refractivity contribution in [3.05, 3.63) is 0 Å². The Bertz CT molecular complexity index is 114. The van der Waals surface area contributed by atoms with Crippen LogP contribution < -0.4 is 0 Å². The Kier molecular flexibility index (Phi) is 265. The van der Waals surface area contributed by atoms with Crippen LogP contribution in [0.1, 0.15) is 0 Å². The van der Waals surface area contributed by atoms with Crippen LogP contribution in [0, 0.1) is 0 Å². The van der Waals surface area contributed by atoms with Gasteiger partial charge in [-0.1, -0.05) is 0 Å². The van der Waals surface area contributed by atoms with Gasteiger partial charge < -0.3 is 0 Å². The second-order valence-corrected chi connectivity index (χ2v) is 1.90. The van der Waals surface area contributed by atoms with E-state index in [-0.39, 0.29) is 23.1 Å². The molecule has 98 valence electrons. The van der Waals surface area contributed by atoms with E-state index in [1.807, 2.05) is 0 Å². The van der Waals surface area contributed by atoms with Crippen LogP contribution in [0.2, 0.25) is 0 Å². The molecule has 0 aliphatic carbocycles. The van der Waals surface area contributed by atoms with Crippen LogP contribution in [0.4, 0.5) is 0 Å². The summed E-state index contributed by atoms with van der Waals surface area (Å²) in [5.41, 5.74) is 0. The van der Waals surface area contributed by atoms with Crippen LogP contribution in [-0.2, 0) is 22.8 Å². The van der Waals surface area contributed by atoms with Crippen molar-refractivity contribution in [1.82, 2.24) is 0 Å². The molecule has 0 saturated heterocycles. The predicted molar refractivity (Wildman–Crippen MR) is 57.7 cm³/mol. The Morgan fingerprint density at radius 1 is 0.368 bits per heavy atom. The topological polar surface area (TPSA) is 224 Å². The van der Waals surface area contributed by atoms with Crippen molar-refractivity contribution in [3.8, 4) is 0 Å². The summed E-state index contributed by atoms with van der Waals surface area (Å²) in [4.78, 5) is 0. The maximum absolute atomic E-state index is 8.57. The Morgan fingerprint density at radius 2 is 0.368 bits per heavy atom. The van der Waals surface area contributed by atoms with Crippen molar-refractivity contribution in [2.24, 2.45) is 0 Å². The van der Waals surface area contributed by atoms with Gasteiger partial charge in [0.1, 0.15) is 0 Å². The zero-order valence-electron chi connectivity index (χ0n) is 9.30. The first-order valence-electron chi connectivity index (χ1n) is 2.96.